The van der Waals surface area contributed by atoms with Crippen LogP contribution in [0.4, 0.5) is 0 Å². The van der Waals surface area contributed by atoms with E-state index in [1.54, 1.807) is 30.3 Å². The second-order valence-electron chi connectivity index (χ2n) is 8.95. The minimum Gasteiger partial charge on any atom is -0.507 e. The molecule has 6 nitrogen and oxygen atoms in total. The molecule has 0 aliphatic carbocycles. The highest BCUT2D eigenvalue weighted by Gasteiger charge is 2.46. The van der Waals surface area contributed by atoms with Gasteiger partial charge in [0.05, 0.1) is 23.9 Å². The Bertz CT molecular complexity index is 1510. The molecule has 0 spiro atoms. The van der Waals surface area contributed by atoms with Gasteiger partial charge in [-0.3, -0.25) is 9.59 Å². The fourth-order valence-corrected chi connectivity index (χ4v) is 5.23. The molecule has 7 heteroatoms. The van der Waals surface area contributed by atoms with Crippen LogP contribution in [0.2, 0.25) is 0 Å². The topological polar surface area (TPSA) is 79.7 Å². The predicted octanol–water partition coefficient (Wildman–Crippen LogP) is 6.31. The highest BCUT2D eigenvalue weighted by molar-refractivity contribution is 7.09. The zero-order chi connectivity index (χ0) is 26.6. The average molecular weight is 523 g/mol. The van der Waals surface area contributed by atoms with Crippen molar-refractivity contribution in [3.05, 3.63) is 124 Å². The highest BCUT2D eigenvalue weighted by Crippen LogP contribution is 2.41. The molecule has 38 heavy (non-hydrogen) atoms. The maximum atomic E-state index is 13.3. The van der Waals surface area contributed by atoms with Crippen molar-refractivity contribution in [2.45, 2.75) is 19.5 Å². The van der Waals surface area contributed by atoms with Gasteiger partial charge in [0.2, 0.25) is 0 Å². The number of likely N-dealkylation sites (tertiary alicyclic amines) is 1. The van der Waals surface area contributed by atoms with Crippen LogP contribution >= 0.6 is 11.3 Å². The first kappa shape index (κ1) is 25.2. The van der Waals surface area contributed by atoms with E-state index in [-0.39, 0.29) is 17.9 Å². The van der Waals surface area contributed by atoms with Gasteiger partial charge in [-0.1, -0.05) is 72.8 Å². The summed E-state index contributed by atoms with van der Waals surface area (Å²) in [4.78, 5) is 32.9. The van der Waals surface area contributed by atoms with Crippen molar-refractivity contribution >= 4 is 28.8 Å². The second-order valence-corrected chi connectivity index (χ2v) is 9.90. The summed E-state index contributed by atoms with van der Waals surface area (Å²) in [6.45, 7) is 6.10. The van der Waals surface area contributed by atoms with Crippen molar-refractivity contribution in [3.63, 3.8) is 0 Å². The van der Waals surface area contributed by atoms with E-state index in [9.17, 15) is 14.7 Å². The fraction of sp³-hybridized carbons (Fsp3) is 0.129. The number of carbonyl (C=O) groups is 2. The van der Waals surface area contributed by atoms with E-state index in [1.165, 1.54) is 16.2 Å². The number of hydrogen-bond acceptors (Lipinski definition) is 6. The summed E-state index contributed by atoms with van der Waals surface area (Å²) >= 11 is 1.43. The number of thiazole rings is 1. The van der Waals surface area contributed by atoms with Crippen molar-refractivity contribution in [2.24, 2.45) is 0 Å². The van der Waals surface area contributed by atoms with Gasteiger partial charge >= 0.3 is 0 Å². The zero-order valence-corrected chi connectivity index (χ0v) is 21.7. The van der Waals surface area contributed by atoms with Gasteiger partial charge in [-0.15, -0.1) is 11.3 Å². The molecule has 4 aromatic rings. The predicted molar refractivity (Wildman–Crippen MR) is 149 cm³/mol. The van der Waals surface area contributed by atoms with Crippen LogP contribution in [0.25, 0.3) is 17.0 Å². The van der Waals surface area contributed by atoms with Gasteiger partial charge in [0.1, 0.15) is 23.1 Å². The third kappa shape index (κ3) is 5.01. The Labute approximate surface area is 225 Å². The van der Waals surface area contributed by atoms with Crippen LogP contribution in [0.15, 0.2) is 102 Å². The molecule has 1 aliphatic rings. The van der Waals surface area contributed by atoms with Crippen molar-refractivity contribution in [2.75, 3.05) is 6.61 Å². The number of benzene rings is 3. The van der Waals surface area contributed by atoms with E-state index in [0.29, 0.717) is 22.9 Å². The summed E-state index contributed by atoms with van der Waals surface area (Å²) in [5.41, 5.74) is 4.06. The minimum atomic E-state index is -0.753. The average Bonchev–Trinajstić information content (AvgIpc) is 3.51. The highest BCUT2D eigenvalue weighted by atomic mass is 32.1. The summed E-state index contributed by atoms with van der Waals surface area (Å²) in [5.74, 6) is -1.01. The molecule has 0 saturated carbocycles. The number of aliphatic hydroxyl groups excluding tert-OH is 1. The molecule has 1 fully saturated rings. The van der Waals surface area contributed by atoms with E-state index in [2.05, 4.69) is 6.58 Å². The molecule has 1 N–H and O–H groups in total. The number of hydrogen-bond donors (Lipinski definition) is 1. The van der Waals surface area contributed by atoms with Gasteiger partial charge in [0, 0.05) is 16.5 Å². The third-order valence-corrected chi connectivity index (χ3v) is 7.19. The lowest BCUT2D eigenvalue weighted by molar-refractivity contribution is -0.140. The first-order chi connectivity index (χ1) is 18.5. The zero-order valence-electron chi connectivity index (χ0n) is 20.8. The molecule has 5 rings (SSSR count). The van der Waals surface area contributed by atoms with Gasteiger partial charge in [0.25, 0.3) is 11.7 Å². The lowest BCUT2D eigenvalue weighted by Gasteiger charge is -2.24. The Hall–Kier alpha value is -4.49. The Morgan fingerprint density at radius 3 is 2.45 bits per heavy atom. The summed E-state index contributed by atoms with van der Waals surface area (Å²) in [7, 11) is 0. The van der Waals surface area contributed by atoms with Crippen LogP contribution in [-0.4, -0.2) is 33.3 Å². The lowest BCUT2D eigenvalue weighted by Crippen LogP contribution is -2.29. The Kier molecular flexibility index (Phi) is 7.20. The first-order valence-corrected chi connectivity index (χ1v) is 13.0. The number of aliphatic hydroxyl groups is 1. The molecular weight excluding hydrogens is 496 g/mol. The van der Waals surface area contributed by atoms with Crippen LogP contribution in [-0.2, 0) is 16.1 Å². The van der Waals surface area contributed by atoms with Crippen LogP contribution in [0.1, 0.15) is 27.7 Å². The number of ketones is 1. The van der Waals surface area contributed by atoms with E-state index in [0.717, 1.165) is 22.4 Å². The van der Waals surface area contributed by atoms with Crippen LogP contribution in [0, 0.1) is 6.92 Å². The largest absolute Gasteiger partial charge is 0.507 e. The lowest BCUT2D eigenvalue weighted by atomic mass is 9.94. The summed E-state index contributed by atoms with van der Waals surface area (Å²) < 4.78 is 5.52. The normalized spacial score (nSPS) is 16.6. The van der Waals surface area contributed by atoms with Crippen LogP contribution < -0.4 is 4.74 Å². The van der Waals surface area contributed by atoms with Gasteiger partial charge in [-0.2, -0.15) is 0 Å². The number of aryl methyl sites for hydroxylation is 1. The molecular formula is C31H26N2O4S. The summed E-state index contributed by atoms with van der Waals surface area (Å²) in [6, 6.07) is 23.4. The van der Waals surface area contributed by atoms with Crippen LogP contribution in [0.3, 0.4) is 0 Å². The Morgan fingerprint density at radius 2 is 1.76 bits per heavy atom. The Morgan fingerprint density at radius 1 is 1.05 bits per heavy atom. The van der Waals surface area contributed by atoms with Crippen molar-refractivity contribution < 1.29 is 19.4 Å². The molecule has 1 unspecified atom stereocenters. The van der Waals surface area contributed by atoms with Gasteiger partial charge < -0.3 is 14.7 Å². The first-order valence-electron chi connectivity index (χ1n) is 12.1. The quantitative estimate of drug-likeness (QED) is 0.127. The molecule has 1 amide bonds. The molecule has 1 aliphatic heterocycles. The number of nitrogens with zero attached hydrogens (tertiary/aromatic N) is 2. The number of Topliss-reactive ketones (excluding diaryl/α,β-unsaturated/α-hetero) is 1. The van der Waals surface area contributed by atoms with Gasteiger partial charge in [-0.05, 0) is 36.8 Å². The summed E-state index contributed by atoms with van der Waals surface area (Å²) in [5, 5.41) is 14.0. The number of amides is 1. The number of aromatic nitrogens is 1. The maximum Gasteiger partial charge on any atom is 0.296 e. The monoisotopic (exact) mass is 522 g/mol. The van der Waals surface area contributed by atoms with Gasteiger partial charge in [0.15, 0.2) is 0 Å². The van der Waals surface area contributed by atoms with Gasteiger partial charge in [-0.25, -0.2) is 4.98 Å². The number of ether oxygens (including phenoxy) is 1. The molecule has 190 valence electrons. The molecule has 1 atom stereocenters. The second kappa shape index (κ2) is 10.9. The minimum absolute atomic E-state index is 0.0541. The number of carbonyl (C=O) groups excluding carboxylic acids is 2. The third-order valence-electron chi connectivity index (χ3n) is 6.36. The van der Waals surface area contributed by atoms with E-state index in [4.69, 9.17) is 9.72 Å². The number of rotatable bonds is 8. The fourth-order valence-electron chi connectivity index (χ4n) is 4.43. The summed E-state index contributed by atoms with van der Waals surface area (Å²) in [6.07, 6.45) is 1.64. The molecule has 0 bridgehead atoms. The van der Waals surface area contributed by atoms with E-state index in [1.807, 2.05) is 66.9 Å². The Balaban J connectivity index is 1.53. The smallest absolute Gasteiger partial charge is 0.296 e. The molecule has 2 heterocycles. The molecule has 3 aromatic carbocycles. The standard InChI is InChI=1S/C31H26N2O4S/c1-3-17-37-24-15-13-23(14-16-24)29(34)27-28(22-11-9-20(2)10-12-22)33(31(36)30(27)35)18-26-32-25(19-38-26)21-7-5-4-6-8-21/h3-16,19,28,34H,1,17-18H2,2H3/b29-27-. The SMILES string of the molecule is C=CCOc1ccc(/C(O)=C2/C(=O)C(=O)N(Cc3nc(-c4ccccc4)cs3)C2c2ccc(C)cc2)cc1. The van der Waals surface area contributed by atoms with Crippen molar-refractivity contribution in [1.29, 1.82) is 0 Å². The molecule has 1 saturated heterocycles. The molecule has 1 aromatic heterocycles. The molecule has 0 radical (unpaired) electrons. The van der Waals surface area contributed by atoms with Crippen molar-refractivity contribution in [3.8, 4) is 17.0 Å². The van der Waals surface area contributed by atoms with Crippen LogP contribution in [0.5, 0.6) is 5.75 Å². The van der Waals surface area contributed by atoms with Crippen molar-refractivity contribution in [1.82, 2.24) is 9.88 Å². The maximum absolute atomic E-state index is 13.3. The van der Waals surface area contributed by atoms with E-state index < -0.39 is 17.7 Å². The van der Waals surface area contributed by atoms with E-state index >= 15 is 0 Å².